The van der Waals surface area contributed by atoms with Crippen LogP contribution in [0.3, 0.4) is 0 Å². The van der Waals surface area contributed by atoms with Crippen LogP contribution >= 0.6 is 22.6 Å². The van der Waals surface area contributed by atoms with E-state index in [2.05, 4.69) is 29.5 Å². The van der Waals surface area contributed by atoms with Crippen LogP contribution in [0, 0.1) is 0 Å². The smallest absolute Gasteiger partial charge is 0.306 e. The summed E-state index contributed by atoms with van der Waals surface area (Å²) in [6, 6.07) is 0. The molecule has 1 unspecified atom stereocenters. The van der Waals surface area contributed by atoms with Gasteiger partial charge in [-0.3, -0.25) is 4.79 Å². The van der Waals surface area contributed by atoms with Crippen LogP contribution in [0.2, 0.25) is 0 Å². The molecule has 0 fully saturated rings. The van der Waals surface area contributed by atoms with Crippen LogP contribution in [-0.4, -0.2) is 10.1 Å². The van der Waals surface area contributed by atoms with E-state index in [1.54, 1.807) is 0 Å². The summed E-state index contributed by atoms with van der Waals surface area (Å²) in [5, 5.41) is 0. The lowest BCUT2D eigenvalue weighted by Crippen LogP contribution is -2.10. The number of rotatable bonds is 13. The lowest BCUT2D eigenvalue weighted by Gasteiger charge is -2.08. The topological polar surface area (TPSA) is 26.3 Å². The van der Waals surface area contributed by atoms with Crippen LogP contribution in [0.4, 0.5) is 0 Å². The second-order valence-corrected chi connectivity index (χ2v) is 6.63. The van der Waals surface area contributed by atoms with Gasteiger partial charge in [-0.15, -0.1) is 0 Å². The molecule has 3 heteroatoms. The number of hydrogen-bond acceptors (Lipinski definition) is 2. The minimum atomic E-state index is -0.0270. The molecule has 0 aromatic rings. The Kier molecular flexibility index (Phi) is 14.8. The fraction of sp³-hybridized carbons (Fsp3) is 0.938. The minimum Gasteiger partial charge on any atom is -0.452 e. The van der Waals surface area contributed by atoms with Crippen molar-refractivity contribution in [3.63, 3.8) is 0 Å². The van der Waals surface area contributed by atoms with E-state index < -0.39 is 0 Å². The standard InChI is InChI=1S/C16H31IO2/c1-3-5-6-7-8-9-10-11-12-13-14-16(18)19-15(17)4-2/h15H,3-14H2,1-2H3. The second-order valence-electron chi connectivity index (χ2n) is 5.24. The minimum absolute atomic E-state index is 0.0270. The molecular weight excluding hydrogens is 351 g/mol. The van der Waals surface area contributed by atoms with Crippen molar-refractivity contribution in [1.82, 2.24) is 0 Å². The van der Waals surface area contributed by atoms with Crippen molar-refractivity contribution < 1.29 is 9.53 Å². The molecule has 0 bridgehead atoms. The summed E-state index contributed by atoms with van der Waals surface area (Å²) < 4.78 is 5.28. The van der Waals surface area contributed by atoms with Gasteiger partial charge in [-0.1, -0.05) is 71.6 Å². The zero-order valence-corrected chi connectivity index (χ0v) is 14.9. The average molecular weight is 382 g/mol. The number of alkyl halides is 1. The lowest BCUT2D eigenvalue weighted by molar-refractivity contribution is -0.144. The quantitative estimate of drug-likeness (QED) is 0.169. The van der Waals surface area contributed by atoms with Gasteiger partial charge in [-0.25, -0.2) is 0 Å². The molecule has 0 aromatic carbocycles. The number of ether oxygens (including phenoxy) is 1. The summed E-state index contributed by atoms with van der Waals surface area (Å²) in [5.41, 5.74) is 0. The molecule has 0 N–H and O–H groups in total. The number of hydrogen-bond donors (Lipinski definition) is 0. The predicted octanol–water partition coefficient (Wildman–Crippen LogP) is 6.01. The summed E-state index contributed by atoms with van der Waals surface area (Å²) in [6.45, 7) is 4.29. The van der Waals surface area contributed by atoms with Crippen molar-refractivity contribution in [1.29, 1.82) is 0 Å². The molecule has 0 spiro atoms. The summed E-state index contributed by atoms with van der Waals surface area (Å²) in [7, 11) is 0. The molecule has 0 amide bonds. The van der Waals surface area contributed by atoms with Gasteiger partial charge >= 0.3 is 5.97 Å². The van der Waals surface area contributed by atoms with Gasteiger partial charge in [0.15, 0.2) is 4.11 Å². The molecule has 0 aliphatic carbocycles. The maximum atomic E-state index is 11.4. The van der Waals surface area contributed by atoms with E-state index in [-0.39, 0.29) is 10.1 Å². The predicted molar refractivity (Wildman–Crippen MR) is 90.7 cm³/mol. The van der Waals surface area contributed by atoms with Crippen LogP contribution in [0.25, 0.3) is 0 Å². The van der Waals surface area contributed by atoms with Gasteiger partial charge in [0.2, 0.25) is 0 Å². The third-order valence-electron chi connectivity index (χ3n) is 3.31. The third kappa shape index (κ3) is 14.4. The van der Waals surface area contributed by atoms with E-state index in [1.165, 1.54) is 57.8 Å². The van der Waals surface area contributed by atoms with Gasteiger partial charge in [-0.05, 0) is 35.4 Å². The van der Waals surface area contributed by atoms with Crippen molar-refractivity contribution in [2.75, 3.05) is 0 Å². The van der Waals surface area contributed by atoms with Crippen molar-refractivity contribution in [2.24, 2.45) is 0 Å². The van der Waals surface area contributed by atoms with E-state index in [0.717, 1.165) is 12.8 Å². The monoisotopic (exact) mass is 382 g/mol. The largest absolute Gasteiger partial charge is 0.452 e. The Labute approximate surface area is 133 Å². The number of carbonyl (C=O) groups is 1. The average Bonchev–Trinajstić information content (AvgIpc) is 2.40. The summed E-state index contributed by atoms with van der Waals surface area (Å²) in [5.74, 6) is -0.0270. The highest BCUT2D eigenvalue weighted by atomic mass is 127. The van der Waals surface area contributed by atoms with Crippen LogP contribution in [0.5, 0.6) is 0 Å². The van der Waals surface area contributed by atoms with Crippen LogP contribution in [-0.2, 0) is 9.53 Å². The van der Waals surface area contributed by atoms with E-state index in [0.29, 0.717) is 6.42 Å². The zero-order valence-electron chi connectivity index (χ0n) is 12.8. The Balaban J connectivity index is 3.16. The Morgan fingerprint density at radius 3 is 1.84 bits per heavy atom. The SMILES string of the molecule is CCCCCCCCCCCCC(=O)OC(I)CC. The van der Waals surface area contributed by atoms with E-state index in [1.807, 2.05) is 6.92 Å². The van der Waals surface area contributed by atoms with Gasteiger partial charge < -0.3 is 4.74 Å². The fourth-order valence-electron chi connectivity index (χ4n) is 2.04. The maximum Gasteiger partial charge on any atom is 0.306 e. The first-order valence-electron chi connectivity index (χ1n) is 8.04. The van der Waals surface area contributed by atoms with Crippen LogP contribution in [0.15, 0.2) is 0 Å². The Morgan fingerprint density at radius 2 is 1.37 bits per heavy atom. The first-order chi connectivity index (χ1) is 9.20. The van der Waals surface area contributed by atoms with Crippen molar-refractivity contribution in [2.45, 2.75) is 95.0 Å². The van der Waals surface area contributed by atoms with Gasteiger partial charge in [0.25, 0.3) is 0 Å². The Morgan fingerprint density at radius 1 is 0.895 bits per heavy atom. The highest BCUT2D eigenvalue weighted by Crippen LogP contribution is 2.13. The maximum absolute atomic E-state index is 11.4. The van der Waals surface area contributed by atoms with Crippen LogP contribution < -0.4 is 0 Å². The van der Waals surface area contributed by atoms with Gasteiger partial charge in [0.1, 0.15) is 0 Å². The Hall–Kier alpha value is 0.200. The van der Waals surface area contributed by atoms with Gasteiger partial charge in [-0.2, -0.15) is 0 Å². The van der Waals surface area contributed by atoms with Crippen molar-refractivity contribution in [3.05, 3.63) is 0 Å². The molecule has 0 rings (SSSR count). The molecule has 0 saturated heterocycles. The summed E-state index contributed by atoms with van der Waals surface area (Å²) in [6.07, 6.45) is 14.5. The molecule has 0 aromatic heterocycles. The van der Waals surface area contributed by atoms with Crippen molar-refractivity contribution in [3.8, 4) is 0 Å². The van der Waals surface area contributed by atoms with E-state index in [9.17, 15) is 4.79 Å². The fourth-order valence-corrected chi connectivity index (χ4v) is 2.33. The molecule has 0 aliphatic rings. The lowest BCUT2D eigenvalue weighted by atomic mass is 10.1. The normalized spacial score (nSPS) is 12.4. The highest BCUT2D eigenvalue weighted by molar-refractivity contribution is 14.1. The highest BCUT2D eigenvalue weighted by Gasteiger charge is 2.07. The zero-order chi connectivity index (χ0) is 14.3. The Bertz CT molecular complexity index is 207. The van der Waals surface area contributed by atoms with Gasteiger partial charge in [0.05, 0.1) is 0 Å². The molecule has 0 saturated carbocycles. The number of unbranched alkanes of at least 4 members (excludes halogenated alkanes) is 9. The van der Waals surface area contributed by atoms with E-state index >= 15 is 0 Å². The first kappa shape index (κ1) is 19.2. The number of halogens is 1. The molecule has 114 valence electrons. The number of carbonyl (C=O) groups excluding carboxylic acids is 1. The molecule has 19 heavy (non-hydrogen) atoms. The van der Waals surface area contributed by atoms with Crippen LogP contribution in [0.1, 0.15) is 90.9 Å². The van der Waals surface area contributed by atoms with Crippen molar-refractivity contribution >= 4 is 28.6 Å². The van der Waals surface area contributed by atoms with E-state index in [4.69, 9.17) is 4.74 Å². The first-order valence-corrected chi connectivity index (χ1v) is 9.28. The molecule has 2 nitrogen and oxygen atoms in total. The summed E-state index contributed by atoms with van der Waals surface area (Å²) >= 11 is 2.17. The third-order valence-corrected chi connectivity index (χ3v) is 4.45. The number of esters is 1. The van der Waals surface area contributed by atoms with Gasteiger partial charge in [0, 0.05) is 6.42 Å². The molecule has 0 aliphatic heterocycles. The molecule has 0 radical (unpaired) electrons. The second kappa shape index (κ2) is 14.6. The summed E-state index contributed by atoms with van der Waals surface area (Å²) in [4.78, 5) is 11.4. The molecular formula is C16H31IO2. The molecule has 1 atom stereocenters. The molecule has 0 heterocycles.